The third-order valence-electron chi connectivity index (χ3n) is 9.72. The van der Waals surface area contributed by atoms with Crippen molar-refractivity contribution < 1.29 is 14.7 Å². The number of carbonyl (C=O) groups is 2. The minimum absolute atomic E-state index is 0.100. The van der Waals surface area contributed by atoms with Crippen molar-refractivity contribution in [2.24, 2.45) is 23.2 Å². The van der Waals surface area contributed by atoms with Crippen molar-refractivity contribution >= 4 is 11.8 Å². The Morgan fingerprint density at radius 3 is 2.17 bits per heavy atom. The van der Waals surface area contributed by atoms with Crippen LogP contribution in [-0.4, -0.2) is 45.1 Å². The largest absolute Gasteiger partial charge is 0.391 e. The Bertz CT molecular complexity index is 1390. The average Bonchev–Trinajstić information content (AvgIpc) is 3.60. The maximum absolute atomic E-state index is 14.3. The van der Waals surface area contributed by atoms with Gasteiger partial charge in [0.2, 0.25) is 11.8 Å². The van der Waals surface area contributed by atoms with E-state index in [4.69, 9.17) is 0 Å². The van der Waals surface area contributed by atoms with E-state index in [0.29, 0.717) is 30.4 Å². The van der Waals surface area contributed by atoms with E-state index < -0.39 is 35.4 Å². The summed E-state index contributed by atoms with van der Waals surface area (Å²) < 4.78 is 0. The zero-order valence-electron chi connectivity index (χ0n) is 27.9. The molecule has 3 aromatic rings. The quantitative estimate of drug-likeness (QED) is 0.133. The molecule has 0 saturated heterocycles. The van der Waals surface area contributed by atoms with Crippen molar-refractivity contribution in [2.75, 3.05) is 0 Å². The standard InChI is InChI=1S/C39H51N5O3/c1-4-32(28(2)3)21-36(45)34(20-29-14-8-5-9-15-29)43-37(46)35(22-33-25-41-27-42-33)44-38(47)39(26-40,23-30-16-10-6-11-17-30)24-31-18-12-7-13-19-31/h4,6-7,10-13,16-19,25,27-29,32,34-36,45H,1,5,8-9,14-15,20-24H2,2-3H3,(H,41,42)(H,43,46)(H,44,47)/t32-,34-,35-,36-/m0/s1. The summed E-state index contributed by atoms with van der Waals surface area (Å²) in [7, 11) is 0. The lowest BCUT2D eigenvalue weighted by Gasteiger charge is -2.33. The Hall–Kier alpha value is -4.22. The molecule has 2 amide bonds. The fraction of sp³-hybridized carbons (Fsp3) is 0.487. The number of amides is 2. The smallest absolute Gasteiger partial charge is 0.243 e. The van der Waals surface area contributed by atoms with E-state index in [-0.39, 0.29) is 25.2 Å². The summed E-state index contributed by atoms with van der Waals surface area (Å²) >= 11 is 0. The summed E-state index contributed by atoms with van der Waals surface area (Å²) in [5.41, 5.74) is 0.916. The number of aromatic amines is 1. The molecule has 2 aromatic carbocycles. The molecule has 4 atom stereocenters. The summed E-state index contributed by atoms with van der Waals surface area (Å²) in [5.74, 6) is -0.0898. The number of hydrogen-bond donors (Lipinski definition) is 4. The minimum atomic E-state index is -1.47. The lowest BCUT2D eigenvalue weighted by Crippen LogP contribution is -2.56. The highest BCUT2D eigenvalue weighted by atomic mass is 16.3. The van der Waals surface area contributed by atoms with Crippen LogP contribution in [0.25, 0.3) is 0 Å². The molecule has 0 aliphatic heterocycles. The number of nitriles is 1. The molecule has 1 heterocycles. The second kappa shape index (κ2) is 17.6. The van der Waals surface area contributed by atoms with Gasteiger partial charge in [-0.25, -0.2) is 4.98 Å². The number of aliphatic hydroxyl groups excluding tert-OH is 1. The van der Waals surface area contributed by atoms with E-state index in [1.165, 1.54) is 12.7 Å². The van der Waals surface area contributed by atoms with Gasteiger partial charge < -0.3 is 20.7 Å². The molecule has 0 bridgehead atoms. The van der Waals surface area contributed by atoms with Crippen LogP contribution in [0.2, 0.25) is 0 Å². The highest BCUT2D eigenvalue weighted by Crippen LogP contribution is 2.31. The van der Waals surface area contributed by atoms with Gasteiger partial charge in [0.15, 0.2) is 0 Å². The Morgan fingerprint density at radius 2 is 1.66 bits per heavy atom. The van der Waals surface area contributed by atoms with Crippen LogP contribution in [0.4, 0.5) is 0 Å². The summed E-state index contributed by atoms with van der Waals surface area (Å²) in [6.07, 6.45) is 11.6. The average molecular weight is 638 g/mol. The first-order valence-corrected chi connectivity index (χ1v) is 17.1. The molecule has 0 unspecified atom stereocenters. The second-order valence-corrected chi connectivity index (χ2v) is 13.6. The summed E-state index contributed by atoms with van der Waals surface area (Å²) in [4.78, 5) is 35.7. The van der Waals surface area contributed by atoms with Crippen molar-refractivity contribution in [2.45, 2.75) is 96.2 Å². The summed E-state index contributed by atoms with van der Waals surface area (Å²) in [6, 6.07) is 19.9. The maximum atomic E-state index is 14.3. The zero-order chi connectivity index (χ0) is 33.6. The van der Waals surface area contributed by atoms with Crippen LogP contribution in [0.1, 0.15) is 75.6 Å². The van der Waals surface area contributed by atoms with Crippen LogP contribution in [0.5, 0.6) is 0 Å². The van der Waals surface area contributed by atoms with Crippen LogP contribution in [0, 0.1) is 34.5 Å². The van der Waals surface area contributed by atoms with Gasteiger partial charge in [0.05, 0.1) is 24.5 Å². The van der Waals surface area contributed by atoms with Gasteiger partial charge in [0, 0.05) is 31.2 Å². The van der Waals surface area contributed by atoms with Crippen molar-refractivity contribution in [3.8, 4) is 6.07 Å². The first-order valence-electron chi connectivity index (χ1n) is 17.1. The molecular weight excluding hydrogens is 586 g/mol. The molecule has 1 saturated carbocycles. The van der Waals surface area contributed by atoms with Crippen molar-refractivity contribution in [1.29, 1.82) is 5.26 Å². The number of carbonyl (C=O) groups excluding carboxylic acids is 2. The Balaban J connectivity index is 1.62. The van der Waals surface area contributed by atoms with Gasteiger partial charge in [-0.3, -0.25) is 9.59 Å². The van der Waals surface area contributed by atoms with Crippen LogP contribution >= 0.6 is 0 Å². The van der Waals surface area contributed by atoms with Crippen molar-refractivity contribution in [3.05, 3.63) is 103 Å². The number of benzene rings is 2. The van der Waals surface area contributed by atoms with Gasteiger partial charge in [-0.1, -0.05) is 113 Å². The molecule has 47 heavy (non-hydrogen) atoms. The number of hydrogen-bond acceptors (Lipinski definition) is 5. The molecule has 1 aliphatic carbocycles. The van der Waals surface area contributed by atoms with E-state index in [9.17, 15) is 20.0 Å². The van der Waals surface area contributed by atoms with Gasteiger partial charge in [-0.15, -0.1) is 6.58 Å². The number of nitrogens with one attached hydrogen (secondary N) is 3. The number of aromatic nitrogens is 2. The lowest BCUT2D eigenvalue weighted by atomic mass is 9.76. The summed E-state index contributed by atoms with van der Waals surface area (Å²) in [5, 5.41) is 28.4. The Labute approximate surface area is 280 Å². The maximum Gasteiger partial charge on any atom is 0.243 e. The molecule has 0 spiro atoms. The van der Waals surface area contributed by atoms with Crippen LogP contribution < -0.4 is 10.6 Å². The molecule has 1 fully saturated rings. The molecule has 8 heteroatoms. The van der Waals surface area contributed by atoms with E-state index in [2.05, 4.69) is 47.1 Å². The first-order chi connectivity index (χ1) is 22.7. The second-order valence-electron chi connectivity index (χ2n) is 13.6. The molecule has 4 rings (SSSR count). The van der Waals surface area contributed by atoms with Gasteiger partial charge in [0.25, 0.3) is 0 Å². The van der Waals surface area contributed by atoms with Crippen molar-refractivity contribution in [3.63, 3.8) is 0 Å². The number of allylic oxidation sites excluding steroid dienone is 1. The number of H-pyrrole nitrogens is 1. The van der Waals surface area contributed by atoms with Gasteiger partial charge in [-0.2, -0.15) is 5.26 Å². The number of rotatable bonds is 17. The van der Waals surface area contributed by atoms with Gasteiger partial charge in [0.1, 0.15) is 11.5 Å². The predicted molar refractivity (Wildman–Crippen MR) is 185 cm³/mol. The highest BCUT2D eigenvalue weighted by molar-refractivity contribution is 5.92. The first kappa shape index (κ1) is 35.6. The van der Waals surface area contributed by atoms with Crippen LogP contribution in [0.3, 0.4) is 0 Å². The van der Waals surface area contributed by atoms with E-state index >= 15 is 0 Å². The SMILES string of the molecule is C=C[C@@H](C[C@H](O)[C@H](CC1CCCCC1)NC(=O)[C@H](Cc1cnc[nH]1)NC(=O)C(C#N)(Cc1ccccc1)Cc1ccccc1)C(C)C. The number of nitrogens with zero attached hydrogens (tertiary/aromatic N) is 2. The van der Waals surface area contributed by atoms with Gasteiger partial charge in [-0.05, 0) is 41.7 Å². The topological polar surface area (TPSA) is 131 Å². The molecule has 4 N–H and O–H groups in total. The minimum Gasteiger partial charge on any atom is -0.391 e. The monoisotopic (exact) mass is 637 g/mol. The highest BCUT2D eigenvalue weighted by Gasteiger charge is 2.41. The zero-order valence-corrected chi connectivity index (χ0v) is 27.9. The number of aliphatic hydroxyl groups is 1. The van der Waals surface area contributed by atoms with E-state index in [1.54, 1.807) is 6.20 Å². The summed E-state index contributed by atoms with van der Waals surface area (Å²) in [6.45, 7) is 8.20. The number of imidazole rings is 1. The molecule has 1 aromatic heterocycles. The third-order valence-corrected chi connectivity index (χ3v) is 9.72. The van der Waals surface area contributed by atoms with Crippen LogP contribution in [-0.2, 0) is 28.9 Å². The molecular formula is C39H51N5O3. The predicted octanol–water partition coefficient (Wildman–Crippen LogP) is 6.10. The fourth-order valence-corrected chi connectivity index (χ4v) is 6.82. The molecule has 0 radical (unpaired) electrons. The van der Waals surface area contributed by atoms with E-state index in [1.807, 2.05) is 66.7 Å². The van der Waals surface area contributed by atoms with Crippen molar-refractivity contribution in [1.82, 2.24) is 20.6 Å². The van der Waals surface area contributed by atoms with Gasteiger partial charge >= 0.3 is 0 Å². The third kappa shape index (κ3) is 10.4. The van der Waals surface area contributed by atoms with Crippen LogP contribution in [0.15, 0.2) is 85.8 Å². The fourth-order valence-electron chi connectivity index (χ4n) is 6.82. The molecule has 1 aliphatic rings. The Morgan fingerprint density at radius 1 is 1.04 bits per heavy atom. The van der Waals surface area contributed by atoms with E-state index in [0.717, 1.165) is 36.8 Å². The Kier molecular flexibility index (Phi) is 13.4. The normalized spacial score (nSPS) is 16.4. The molecule has 250 valence electrons. The molecule has 8 nitrogen and oxygen atoms in total. The lowest BCUT2D eigenvalue weighted by molar-refractivity contribution is -0.134.